The van der Waals surface area contributed by atoms with Crippen LogP contribution >= 0.6 is 0 Å². The van der Waals surface area contributed by atoms with Crippen molar-refractivity contribution >= 4 is 16.9 Å². The Hall–Kier alpha value is -2.95. The van der Waals surface area contributed by atoms with Gasteiger partial charge in [-0.25, -0.2) is 4.39 Å². The number of carbonyl (C=O) groups excluding carboxylic acids is 1. The highest BCUT2D eigenvalue weighted by Gasteiger charge is 2.19. The van der Waals surface area contributed by atoms with Gasteiger partial charge in [-0.05, 0) is 57.4 Å². The van der Waals surface area contributed by atoms with Crippen molar-refractivity contribution in [2.45, 2.75) is 45.8 Å². The van der Waals surface area contributed by atoms with E-state index in [1.165, 1.54) is 12.1 Å². The molecule has 5 heteroatoms. The van der Waals surface area contributed by atoms with Crippen LogP contribution in [0.15, 0.2) is 59.4 Å². The molecule has 0 fully saturated rings. The number of aryl methyl sites for hydroxylation is 2. The molecule has 0 aliphatic heterocycles. The van der Waals surface area contributed by atoms with Crippen LogP contribution in [0.2, 0.25) is 0 Å². The van der Waals surface area contributed by atoms with Crippen molar-refractivity contribution in [3.63, 3.8) is 0 Å². The molecular weight excluding hydrogens is 357 g/mol. The van der Waals surface area contributed by atoms with Gasteiger partial charge in [-0.3, -0.25) is 9.59 Å². The third-order valence-electron chi connectivity index (χ3n) is 4.42. The van der Waals surface area contributed by atoms with Gasteiger partial charge in [0, 0.05) is 17.1 Å². The number of benzene rings is 2. The molecule has 3 rings (SSSR count). The number of rotatable bonds is 5. The predicted molar refractivity (Wildman–Crippen MR) is 108 cm³/mol. The van der Waals surface area contributed by atoms with Crippen LogP contribution in [0.1, 0.15) is 32.0 Å². The molecule has 0 spiro atoms. The van der Waals surface area contributed by atoms with E-state index >= 15 is 0 Å². The molecule has 0 saturated heterocycles. The number of pyridine rings is 1. The smallest absolute Gasteiger partial charge is 0.326 e. The molecule has 2 aromatic carbocycles. The van der Waals surface area contributed by atoms with Gasteiger partial charge in [0.25, 0.3) is 0 Å². The minimum absolute atomic E-state index is 0.00926. The SMILES string of the molecule is CC(C)(C)OC(=O)Cn1c(CCc2ccccc2F)cc(=O)c2ccccc21. The van der Waals surface area contributed by atoms with E-state index in [-0.39, 0.29) is 23.8 Å². The maximum Gasteiger partial charge on any atom is 0.326 e. The van der Waals surface area contributed by atoms with Gasteiger partial charge in [0.15, 0.2) is 5.43 Å². The lowest BCUT2D eigenvalue weighted by Gasteiger charge is -2.22. The number of ether oxygens (including phenoxy) is 1. The predicted octanol–water partition coefficient (Wildman–Crippen LogP) is 4.27. The average molecular weight is 381 g/mol. The number of para-hydroxylation sites is 1. The number of aromatic nitrogens is 1. The van der Waals surface area contributed by atoms with E-state index < -0.39 is 5.60 Å². The van der Waals surface area contributed by atoms with E-state index in [9.17, 15) is 14.0 Å². The van der Waals surface area contributed by atoms with Gasteiger partial charge in [0.05, 0.1) is 5.52 Å². The second kappa shape index (κ2) is 7.97. The van der Waals surface area contributed by atoms with Crippen molar-refractivity contribution < 1.29 is 13.9 Å². The van der Waals surface area contributed by atoms with Crippen LogP contribution in [-0.4, -0.2) is 16.1 Å². The standard InChI is InChI=1S/C23H24FNO3/c1-23(2,3)28-22(27)15-25-17(13-12-16-8-4-6-10-19(16)24)14-21(26)18-9-5-7-11-20(18)25/h4-11,14H,12-13,15H2,1-3H3. The number of fused-ring (bicyclic) bond motifs is 1. The highest BCUT2D eigenvalue weighted by atomic mass is 19.1. The average Bonchev–Trinajstić information content (AvgIpc) is 2.62. The van der Waals surface area contributed by atoms with Crippen molar-refractivity contribution in [2.24, 2.45) is 0 Å². The van der Waals surface area contributed by atoms with E-state index in [1.54, 1.807) is 34.9 Å². The van der Waals surface area contributed by atoms with Gasteiger partial charge in [-0.1, -0.05) is 30.3 Å². The van der Waals surface area contributed by atoms with Gasteiger partial charge in [-0.2, -0.15) is 0 Å². The van der Waals surface area contributed by atoms with E-state index in [1.807, 2.05) is 32.9 Å². The molecule has 0 aliphatic carbocycles. The van der Waals surface area contributed by atoms with Crippen LogP contribution < -0.4 is 5.43 Å². The largest absolute Gasteiger partial charge is 0.459 e. The molecule has 0 aliphatic rings. The number of esters is 1. The first-order chi connectivity index (χ1) is 13.2. The summed E-state index contributed by atoms with van der Waals surface area (Å²) in [5, 5.41) is 0.542. The van der Waals surface area contributed by atoms with Gasteiger partial charge in [-0.15, -0.1) is 0 Å². The lowest BCUT2D eigenvalue weighted by molar-refractivity contribution is -0.155. The highest BCUT2D eigenvalue weighted by Crippen LogP contribution is 2.17. The monoisotopic (exact) mass is 381 g/mol. The number of hydrogen-bond acceptors (Lipinski definition) is 3. The van der Waals surface area contributed by atoms with Crippen LogP contribution in [0.4, 0.5) is 4.39 Å². The quantitative estimate of drug-likeness (QED) is 0.620. The van der Waals surface area contributed by atoms with Crippen LogP contribution in [0.5, 0.6) is 0 Å². The molecular formula is C23H24FNO3. The molecule has 0 radical (unpaired) electrons. The van der Waals surface area contributed by atoms with E-state index in [0.717, 1.165) is 0 Å². The lowest BCUT2D eigenvalue weighted by Crippen LogP contribution is -2.28. The third-order valence-corrected chi connectivity index (χ3v) is 4.42. The molecule has 0 unspecified atom stereocenters. The molecule has 0 amide bonds. The zero-order valence-electron chi connectivity index (χ0n) is 16.4. The Morgan fingerprint density at radius 1 is 1.04 bits per heavy atom. The molecule has 28 heavy (non-hydrogen) atoms. The molecule has 3 aromatic rings. The van der Waals surface area contributed by atoms with Crippen molar-refractivity contribution in [3.05, 3.63) is 81.9 Å². The molecule has 0 N–H and O–H groups in total. The fourth-order valence-electron chi connectivity index (χ4n) is 3.24. The summed E-state index contributed by atoms with van der Waals surface area (Å²) in [5.74, 6) is -0.655. The van der Waals surface area contributed by atoms with Crippen molar-refractivity contribution in [3.8, 4) is 0 Å². The maximum atomic E-state index is 14.0. The minimum Gasteiger partial charge on any atom is -0.459 e. The lowest BCUT2D eigenvalue weighted by atomic mass is 10.1. The fraction of sp³-hybridized carbons (Fsp3) is 0.304. The zero-order valence-corrected chi connectivity index (χ0v) is 16.4. The van der Waals surface area contributed by atoms with Crippen LogP contribution in [0.3, 0.4) is 0 Å². The summed E-state index contributed by atoms with van der Waals surface area (Å²) in [6.45, 7) is 5.43. The van der Waals surface area contributed by atoms with Crippen LogP contribution in [0.25, 0.3) is 10.9 Å². The van der Waals surface area contributed by atoms with Gasteiger partial charge >= 0.3 is 5.97 Å². The summed E-state index contributed by atoms with van der Waals surface area (Å²) < 4.78 is 21.2. The first kappa shape index (κ1) is 19.8. The summed E-state index contributed by atoms with van der Waals surface area (Å²) in [4.78, 5) is 25.0. The van der Waals surface area contributed by atoms with E-state index in [0.29, 0.717) is 35.0 Å². The Bertz CT molecular complexity index is 1060. The number of nitrogens with zero attached hydrogens (tertiary/aromatic N) is 1. The van der Waals surface area contributed by atoms with Crippen LogP contribution in [-0.2, 0) is 28.9 Å². The van der Waals surface area contributed by atoms with Crippen molar-refractivity contribution in [1.82, 2.24) is 4.57 Å². The summed E-state index contributed by atoms with van der Waals surface area (Å²) in [7, 11) is 0. The summed E-state index contributed by atoms with van der Waals surface area (Å²) in [6, 6.07) is 15.3. The van der Waals surface area contributed by atoms with E-state index in [2.05, 4.69) is 0 Å². The Morgan fingerprint density at radius 3 is 2.43 bits per heavy atom. The molecule has 0 bridgehead atoms. The summed E-state index contributed by atoms with van der Waals surface area (Å²) >= 11 is 0. The summed E-state index contributed by atoms with van der Waals surface area (Å²) in [5.41, 5.74) is 1.22. The fourth-order valence-corrected chi connectivity index (χ4v) is 3.24. The second-order valence-electron chi connectivity index (χ2n) is 7.78. The molecule has 146 valence electrons. The minimum atomic E-state index is -0.598. The van der Waals surface area contributed by atoms with Gasteiger partial charge in [0.2, 0.25) is 0 Å². The Morgan fingerprint density at radius 2 is 1.71 bits per heavy atom. The summed E-state index contributed by atoms with van der Waals surface area (Å²) in [6.07, 6.45) is 0.864. The topological polar surface area (TPSA) is 48.3 Å². The van der Waals surface area contributed by atoms with Crippen molar-refractivity contribution in [1.29, 1.82) is 0 Å². The molecule has 4 nitrogen and oxygen atoms in total. The van der Waals surface area contributed by atoms with Crippen molar-refractivity contribution in [2.75, 3.05) is 0 Å². The molecule has 0 saturated carbocycles. The first-order valence-corrected chi connectivity index (χ1v) is 9.31. The van der Waals surface area contributed by atoms with Crippen LogP contribution in [0, 0.1) is 5.82 Å². The Kier molecular flexibility index (Phi) is 5.63. The molecule has 1 heterocycles. The number of carbonyl (C=O) groups is 1. The molecule has 0 atom stereocenters. The van der Waals surface area contributed by atoms with Gasteiger partial charge < -0.3 is 9.30 Å². The van der Waals surface area contributed by atoms with Gasteiger partial charge in [0.1, 0.15) is 18.0 Å². The first-order valence-electron chi connectivity index (χ1n) is 9.31. The second-order valence-corrected chi connectivity index (χ2v) is 7.78. The number of hydrogen-bond donors (Lipinski definition) is 0. The molecule has 1 aromatic heterocycles. The third kappa shape index (κ3) is 4.66. The Balaban J connectivity index is 1.99. The normalized spacial score (nSPS) is 11.6. The zero-order chi connectivity index (χ0) is 20.3. The highest BCUT2D eigenvalue weighted by molar-refractivity contribution is 5.81. The maximum absolute atomic E-state index is 14.0. The number of halogens is 1. The van der Waals surface area contributed by atoms with E-state index in [4.69, 9.17) is 4.74 Å². The Labute approximate surface area is 163 Å².